The van der Waals surface area contributed by atoms with Gasteiger partial charge in [0.15, 0.2) is 11.1 Å². The molecule has 2 heterocycles. The summed E-state index contributed by atoms with van der Waals surface area (Å²) in [4.78, 5) is 11.3. The first-order valence-electron chi connectivity index (χ1n) is 9.50. The molecule has 0 fully saturated rings. The van der Waals surface area contributed by atoms with Crippen LogP contribution in [0, 0.1) is 0 Å². The molecule has 0 bridgehead atoms. The van der Waals surface area contributed by atoms with Crippen LogP contribution in [0.15, 0.2) is 22.5 Å². The Morgan fingerprint density at radius 1 is 1.39 bits per heavy atom. The van der Waals surface area contributed by atoms with E-state index in [0.717, 1.165) is 46.8 Å². The minimum Gasteiger partial charge on any atom is -0.496 e. The Hall–Kier alpha value is -2.48. The molecule has 1 aromatic carbocycles. The van der Waals surface area contributed by atoms with Crippen LogP contribution in [0.4, 0.5) is 5.13 Å². The van der Waals surface area contributed by atoms with Gasteiger partial charge in [-0.15, -0.1) is 11.3 Å². The molecule has 152 valence electrons. The third-order valence-corrected chi connectivity index (χ3v) is 5.47. The zero-order chi connectivity index (χ0) is 20.1. The van der Waals surface area contributed by atoms with Gasteiger partial charge in [0.25, 0.3) is 0 Å². The molecule has 3 rings (SSSR count). The average molecular weight is 404 g/mol. The highest BCUT2D eigenvalue weighted by Crippen LogP contribution is 2.35. The molecule has 7 nitrogen and oxygen atoms in total. The van der Waals surface area contributed by atoms with Crippen LogP contribution in [0.1, 0.15) is 30.7 Å². The van der Waals surface area contributed by atoms with Crippen molar-refractivity contribution in [3.05, 3.63) is 34.3 Å². The number of rotatable bonds is 7. The van der Waals surface area contributed by atoms with Crippen molar-refractivity contribution in [2.45, 2.75) is 39.5 Å². The monoisotopic (exact) mass is 403 g/mol. The van der Waals surface area contributed by atoms with Gasteiger partial charge in [-0.2, -0.15) is 0 Å². The summed E-state index contributed by atoms with van der Waals surface area (Å²) in [5.41, 5.74) is 3.20. The first-order valence-corrected chi connectivity index (χ1v) is 10.4. The number of anilines is 1. The number of benzene rings is 1. The Bertz CT molecular complexity index is 834. The second-order valence-corrected chi connectivity index (χ2v) is 7.81. The van der Waals surface area contributed by atoms with E-state index in [1.165, 1.54) is 5.56 Å². The molecule has 0 radical (unpaired) electrons. The van der Waals surface area contributed by atoms with Gasteiger partial charge < -0.3 is 25.0 Å². The number of ether oxygens (including phenoxy) is 2. The molecule has 8 heteroatoms. The maximum absolute atomic E-state index is 5.88. The molecule has 0 aliphatic carbocycles. The van der Waals surface area contributed by atoms with Crippen LogP contribution >= 0.6 is 11.3 Å². The van der Waals surface area contributed by atoms with E-state index in [1.807, 2.05) is 19.0 Å². The van der Waals surface area contributed by atoms with E-state index >= 15 is 0 Å². The lowest BCUT2D eigenvalue weighted by atomic mass is 10.1. The lowest BCUT2D eigenvalue weighted by Gasteiger charge is -2.12. The highest BCUT2D eigenvalue weighted by molar-refractivity contribution is 7.13. The fraction of sp³-hybridized carbons (Fsp3) is 0.500. The highest BCUT2D eigenvalue weighted by atomic mass is 32.1. The summed E-state index contributed by atoms with van der Waals surface area (Å²) in [7, 11) is 5.69. The van der Waals surface area contributed by atoms with E-state index in [1.54, 1.807) is 18.4 Å². The Morgan fingerprint density at radius 3 is 2.89 bits per heavy atom. The Morgan fingerprint density at radius 2 is 2.21 bits per heavy atom. The predicted molar refractivity (Wildman–Crippen MR) is 115 cm³/mol. The first-order chi connectivity index (χ1) is 13.5. The van der Waals surface area contributed by atoms with Crippen LogP contribution < -0.4 is 25.0 Å². The first kappa shape index (κ1) is 20.3. The van der Waals surface area contributed by atoms with E-state index in [0.29, 0.717) is 13.1 Å². The number of nitrogens with one attached hydrogen (secondary N) is 2. The lowest BCUT2D eigenvalue weighted by molar-refractivity contribution is 0.254. The van der Waals surface area contributed by atoms with Crippen LogP contribution in [0.2, 0.25) is 0 Å². The Labute approximate surface area is 170 Å². The quantitative estimate of drug-likeness (QED) is 0.547. The van der Waals surface area contributed by atoms with Crippen molar-refractivity contribution in [2.24, 2.45) is 4.99 Å². The van der Waals surface area contributed by atoms with Crippen LogP contribution in [0.5, 0.6) is 11.5 Å². The minimum atomic E-state index is 0.211. The van der Waals surface area contributed by atoms with Crippen molar-refractivity contribution in [3.63, 3.8) is 0 Å². The molecule has 0 saturated carbocycles. The average Bonchev–Trinajstić information content (AvgIpc) is 3.28. The van der Waals surface area contributed by atoms with E-state index < -0.39 is 0 Å². The second-order valence-electron chi connectivity index (χ2n) is 6.97. The Kier molecular flexibility index (Phi) is 6.61. The summed E-state index contributed by atoms with van der Waals surface area (Å²) in [6.45, 7) is 6.04. The second kappa shape index (κ2) is 9.14. The minimum absolute atomic E-state index is 0.211. The SMILES string of the molecule is CCNC(=NCc1cc2c(cc1OC)CC(C)O2)NCc1csc(N(C)C)n1. The summed E-state index contributed by atoms with van der Waals surface area (Å²) in [6, 6.07) is 4.12. The van der Waals surface area contributed by atoms with Gasteiger partial charge in [-0.05, 0) is 26.0 Å². The van der Waals surface area contributed by atoms with Gasteiger partial charge >= 0.3 is 0 Å². The van der Waals surface area contributed by atoms with Gasteiger partial charge in [0.2, 0.25) is 0 Å². The zero-order valence-corrected chi connectivity index (χ0v) is 18.0. The molecule has 0 saturated heterocycles. The van der Waals surface area contributed by atoms with E-state index in [-0.39, 0.29) is 6.10 Å². The van der Waals surface area contributed by atoms with E-state index in [2.05, 4.69) is 47.0 Å². The number of thiazole rings is 1. The van der Waals surface area contributed by atoms with Gasteiger partial charge in [0.05, 0.1) is 25.9 Å². The summed E-state index contributed by atoms with van der Waals surface area (Å²) >= 11 is 1.63. The van der Waals surface area contributed by atoms with Crippen LogP contribution in [-0.4, -0.2) is 44.8 Å². The van der Waals surface area contributed by atoms with Crippen LogP contribution in [0.3, 0.4) is 0 Å². The van der Waals surface area contributed by atoms with Gasteiger partial charge in [-0.1, -0.05) is 0 Å². The fourth-order valence-electron chi connectivity index (χ4n) is 3.06. The molecule has 1 aliphatic rings. The summed E-state index contributed by atoms with van der Waals surface area (Å²) in [5.74, 6) is 2.54. The molecule has 0 spiro atoms. The topological polar surface area (TPSA) is 71.0 Å². The van der Waals surface area contributed by atoms with Gasteiger partial charge in [-0.3, -0.25) is 0 Å². The summed E-state index contributed by atoms with van der Waals surface area (Å²) < 4.78 is 11.5. The third-order valence-electron chi connectivity index (χ3n) is 4.41. The van der Waals surface area contributed by atoms with Crippen molar-refractivity contribution in [1.29, 1.82) is 0 Å². The standard InChI is InChI=1S/C20H29N5O2S/c1-6-21-19(23-11-16-12-28-20(24-16)25(3)4)22-10-15-9-18-14(7-13(2)27-18)8-17(15)26-5/h8-9,12-13H,6-7,10-11H2,1-5H3,(H2,21,22,23). The van der Waals surface area contributed by atoms with Crippen molar-refractivity contribution < 1.29 is 9.47 Å². The third kappa shape index (κ3) is 4.86. The van der Waals surface area contributed by atoms with Crippen molar-refractivity contribution in [1.82, 2.24) is 15.6 Å². The van der Waals surface area contributed by atoms with Gasteiger partial charge in [-0.25, -0.2) is 9.98 Å². The number of fused-ring (bicyclic) bond motifs is 1. The molecule has 2 aromatic rings. The summed E-state index contributed by atoms with van der Waals surface area (Å²) in [5, 5.41) is 9.69. The number of aliphatic imine (C=N–C) groups is 1. The molecule has 2 N–H and O–H groups in total. The largest absolute Gasteiger partial charge is 0.496 e. The smallest absolute Gasteiger partial charge is 0.191 e. The number of hydrogen-bond donors (Lipinski definition) is 2. The van der Waals surface area contributed by atoms with Crippen molar-refractivity contribution in [3.8, 4) is 11.5 Å². The molecule has 28 heavy (non-hydrogen) atoms. The van der Waals surface area contributed by atoms with Crippen LogP contribution in [0.25, 0.3) is 0 Å². The molecule has 1 atom stereocenters. The van der Waals surface area contributed by atoms with Gasteiger partial charge in [0, 0.05) is 43.6 Å². The van der Waals surface area contributed by atoms with Crippen molar-refractivity contribution >= 4 is 22.4 Å². The number of guanidine groups is 1. The molecule has 1 aromatic heterocycles. The maximum Gasteiger partial charge on any atom is 0.191 e. The summed E-state index contributed by atoms with van der Waals surface area (Å²) in [6.07, 6.45) is 1.13. The normalized spacial score (nSPS) is 15.8. The zero-order valence-electron chi connectivity index (χ0n) is 17.2. The lowest BCUT2D eigenvalue weighted by Crippen LogP contribution is -2.36. The predicted octanol–water partition coefficient (Wildman–Crippen LogP) is 2.80. The molecule has 1 aliphatic heterocycles. The number of nitrogens with zero attached hydrogens (tertiary/aromatic N) is 3. The molecule has 1 unspecified atom stereocenters. The highest BCUT2D eigenvalue weighted by Gasteiger charge is 2.21. The fourth-order valence-corrected chi connectivity index (χ4v) is 3.82. The molecule has 0 amide bonds. The van der Waals surface area contributed by atoms with Gasteiger partial charge in [0.1, 0.15) is 17.6 Å². The van der Waals surface area contributed by atoms with Crippen LogP contribution in [-0.2, 0) is 19.5 Å². The van der Waals surface area contributed by atoms with E-state index in [4.69, 9.17) is 14.5 Å². The van der Waals surface area contributed by atoms with E-state index in [9.17, 15) is 0 Å². The maximum atomic E-state index is 5.88. The molecular weight excluding hydrogens is 374 g/mol. The number of hydrogen-bond acceptors (Lipinski definition) is 6. The number of methoxy groups -OCH3 is 1. The Balaban J connectivity index is 1.69. The number of aromatic nitrogens is 1. The molecular formula is C20H29N5O2S. The van der Waals surface area contributed by atoms with Crippen molar-refractivity contribution in [2.75, 3.05) is 32.6 Å².